The zero-order chi connectivity index (χ0) is 22.8. The normalized spacial score (nSPS) is 19.8. The van der Waals surface area contributed by atoms with Crippen LogP contribution in [0.1, 0.15) is 78.1 Å². The molecule has 31 heavy (non-hydrogen) atoms. The molecule has 1 aliphatic heterocycles. The molecule has 1 saturated heterocycles. The predicted octanol–water partition coefficient (Wildman–Crippen LogP) is 2.40. The third kappa shape index (κ3) is 5.10. The van der Waals surface area contributed by atoms with Crippen molar-refractivity contribution >= 4 is 21.8 Å². The molecule has 1 aliphatic carbocycles. The van der Waals surface area contributed by atoms with Crippen molar-refractivity contribution in [3.8, 4) is 0 Å². The Kier molecular flexibility index (Phi) is 7.72. The number of piperazine rings is 1. The highest BCUT2D eigenvalue weighted by atomic mass is 32.2. The fourth-order valence-electron chi connectivity index (χ4n) is 4.96. The number of rotatable bonds is 8. The van der Waals surface area contributed by atoms with E-state index in [1.165, 1.54) is 13.3 Å². The fourth-order valence-corrected chi connectivity index (χ4v) is 6.54. The lowest BCUT2D eigenvalue weighted by Crippen LogP contribution is -2.54. The van der Waals surface area contributed by atoms with Gasteiger partial charge in [0.1, 0.15) is 0 Å². The molecule has 1 N–H and O–H groups in total. The SMILES string of the molecule is CCc1c(C(=O)CN2CCN(S(=O)(=O)N(C)C3CCCCC3)CC2)[nH]c(C)c1C(C)=O. The van der Waals surface area contributed by atoms with Gasteiger partial charge in [-0.25, -0.2) is 0 Å². The van der Waals surface area contributed by atoms with E-state index in [-0.39, 0.29) is 24.2 Å². The molecule has 0 unspecified atom stereocenters. The number of hydrogen-bond donors (Lipinski definition) is 1. The topological polar surface area (TPSA) is 93.8 Å². The summed E-state index contributed by atoms with van der Waals surface area (Å²) in [4.78, 5) is 30.0. The molecule has 0 bridgehead atoms. The molecule has 3 rings (SSSR count). The standard InChI is InChI=1S/C22H36N4O4S/c1-5-19-21(17(3)27)16(2)23-22(19)20(28)15-25-11-13-26(14-12-25)31(29,30)24(4)18-9-7-6-8-10-18/h18,23H,5-15H2,1-4H3. The van der Waals surface area contributed by atoms with E-state index in [2.05, 4.69) is 4.98 Å². The minimum atomic E-state index is -3.48. The van der Waals surface area contributed by atoms with Crippen molar-refractivity contribution in [3.63, 3.8) is 0 Å². The van der Waals surface area contributed by atoms with E-state index in [1.54, 1.807) is 15.7 Å². The second-order valence-electron chi connectivity index (χ2n) is 8.80. The van der Waals surface area contributed by atoms with Crippen LogP contribution in [0.5, 0.6) is 0 Å². The quantitative estimate of drug-likeness (QED) is 0.611. The van der Waals surface area contributed by atoms with Gasteiger partial charge in [-0.05, 0) is 38.7 Å². The van der Waals surface area contributed by atoms with Gasteiger partial charge in [-0.2, -0.15) is 17.0 Å². The number of carbonyl (C=O) groups excluding carboxylic acids is 2. The maximum absolute atomic E-state index is 13.1. The van der Waals surface area contributed by atoms with Crippen LogP contribution in [0.4, 0.5) is 0 Å². The maximum Gasteiger partial charge on any atom is 0.282 e. The first-order valence-electron chi connectivity index (χ1n) is 11.4. The van der Waals surface area contributed by atoms with Crippen molar-refractivity contribution in [1.29, 1.82) is 0 Å². The lowest BCUT2D eigenvalue weighted by Gasteiger charge is -2.38. The van der Waals surface area contributed by atoms with Crippen molar-refractivity contribution in [3.05, 3.63) is 22.5 Å². The van der Waals surface area contributed by atoms with Gasteiger partial charge in [0, 0.05) is 50.5 Å². The minimum Gasteiger partial charge on any atom is -0.355 e. The van der Waals surface area contributed by atoms with E-state index in [9.17, 15) is 18.0 Å². The van der Waals surface area contributed by atoms with Gasteiger partial charge >= 0.3 is 0 Å². The second-order valence-corrected chi connectivity index (χ2v) is 10.8. The Bertz CT molecular complexity index is 910. The van der Waals surface area contributed by atoms with Gasteiger partial charge in [0.05, 0.1) is 12.2 Å². The predicted molar refractivity (Wildman–Crippen MR) is 121 cm³/mol. The van der Waals surface area contributed by atoms with Crippen LogP contribution in [0.15, 0.2) is 0 Å². The van der Waals surface area contributed by atoms with Gasteiger partial charge in [0.25, 0.3) is 10.2 Å². The monoisotopic (exact) mass is 452 g/mol. The molecule has 0 atom stereocenters. The summed E-state index contributed by atoms with van der Waals surface area (Å²) in [5, 5.41) is 0. The summed E-state index contributed by atoms with van der Waals surface area (Å²) in [5.74, 6) is -0.0892. The minimum absolute atomic E-state index is 0.0365. The number of aromatic nitrogens is 1. The lowest BCUT2D eigenvalue weighted by molar-refractivity contribution is 0.0893. The highest BCUT2D eigenvalue weighted by Gasteiger charge is 2.35. The van der Waals surface area contributed by atoms with Crippen molar-refractivity contribution in [1.82, 2.24) is 18.5 Å². The van der Waals surface area contributed by atoms with Gasteiger partial charge in [-0.3, -0.25) is 14.5 Å². The molecule has 2 fully saturated rings. The number of hydrogen-bond acceptors (Lipinski definition) is 5. The Labute approximate surface area is 186 Å². The van der Waals surface area contributed by atoms with Crippen LogP contribution >= 0.6 is 0 Å². The second kappa shape index (κ2) is 9.94. The van der Waals surface area contributed by atoms with Crippen LogP contribution in [-0.4, -0.2) is 84.3 Å². The summed E-state index contributed by atoms with van der Waals surface area (Å²) in [5.41, 5.74) is 2.64. The number of aromatic amines is 1. The molecule has 9 heteroatoms. The number of H-pyrrole nitrogens is 1. The van der Waals surface area contributed by atoms with Gasteiger partial charge < -0.3 is 4.98 Å². The van der Waals surface area contributed by atoms with Crippen LogP contribution in [0.2, 0.25) is 0 Å². The summed E-state index contributed by atoms with van der Waals surface area (Å²) in [6, 6.07) is 0.0948. The summed E-state index contributed by atoms with van der Waals surface area (Å²) in [7, 11) is -1.77. The third-order valence-corrected chi connectivity index (χ3v) is 8.80. The Hall–Kier alpha value is -1.55. The van der Waals surface area contributed by atoms with Gasteiger partial charge in [-0.15, -0.1) is 0 Å². The van der Waals surface area contributed by atoms with Crippen LogP contribution in [0.3, 0.4) is 0 Å². The first-order chi connectivity index (χ1) is 14.7. The Balaban J connectivity index is 1.61. The molecule has 0 radical (unpaired) electrons. The summed E-state index contributed by atoms with van der Waals surface area (Å²) < 4.78 is 29.2. The fraction of sp³-hybridized carbons (Fsp3) is 0.727. The van der Waals surface area contributed by atoms with Crippen molar-refractivity contribution in [2.24, 2.45) is 0 Å². The molecule has 8 nitrogen and oxygen atoms in total. The first kappa shape index (κ1) is 24.1. The Morgan fingerprint density at radius 2 is 1.71 bits per heavy atom. The van der Waals surface area contributed by atoms with Crippen LogP contribution in [0, 0.1) is 6.92 Å². The molecular formula is C22H36N4O4S. The van der Waals surface area contributed by atoms with Crippen LogP contribution < -0.4 is 0 Å². The summed E-state index contributed by atoms with van der Waals surface area (Å²) >= 11 is 0. The van der Waals surface area contributed by atoms with E-state index in [4.69, 9.17) is 0 Å². The van der Waals surface area contributed by atoms with Crippen molar-refractivity contribution in [2.45, 2.75) is 65.3 Å². The van der Waals surface area contributed by atoms with E-state index < -0.39 is 10.2 Å². The van der Waals surface area contributed by atoms with Crippen molar-refractivity contribution in [2.75, 3.05) is 39.8 Å². The van der Waals surface area contributed by atoms with E-state index >= 15 is 0 Å². The lowest BCUT2D eigenvalue weighted by atomic mass is 9.96. The largest absolute Gasteiger partial charge is 0.355 e. The zero-order valence-electron chi connectivity index (χ0n) is 19.2. The van der Waals surface area contributed by atoms with Crippen LogP contribution in [0.25, 0.3) is 0 Å². The number of nitrogens with zero attached hydrogens (tertiary/aromatic N) is 3. The number of Topliss-reactive ketones (excluding diaryl/α,β-unsaturated/α-hetero) is 2. The molecule has 1 aromatic rings. The molecule has 2 aliphatic rings. The molecule has 174 valence electrons. The third-order valence-electron chi connectivity index (χ3n) is 6.75. The summed E-state index contributed by atoms with van der Waals surface area (Å²) in [6.45, 7) is 7.31. The smallest absolute Gasteiger partial charge is 0.282 e. The van der Waals surface area contributed by atoms with Gasteiger partial charge in [0.2, 0.25) is 0 Å². The van der Waals surface area contributed by atoms with E-state index in [1.807, 2.05) is 18.7 Å². The Morgan fingerprint density at radius 1 is 1.10 bits per heavy atom. The molecule has 1 aromatic heterocycles. The maximum atomic E-state index is 13.1. The summed E-state index contributed by atoms with van der Waals surface area (Å²) in [6.07, 6.45) is 5.84. The number of carbonyl (C=O) groups is 2. The van der Waals surface area contributed by atoms with Gasteiger partial charge in [0.15, 0.2) is 11.6 Å². The number of aryl methyl sites for hydroxylation is 1. The number of ketones is 2. The van der Waals surface area contributed by atoms with Crippen molar-refractivity contribution < 1.29 is 18.0 Å². The molecule has 0 amide bonds. The average Bonchev–Trinajstić information content (AvgIpc) is 3.10. The van der Waals surface area contributed by atoms with Crippen LogP contribution in [-0.2, 0) is 16.6 Å². The molecule has 1 saturated carbocycles. The molecule has 0 spiro atoms. The molecule has 2 heterocycles. The average molecular weight is 453 g/mol. The highest BCUT2D eigenvalue weighted by molar-refractivity contribution is 7.86. The van der Waals surface area contributed by atoms with E-state index in [0.717, 1.165) is 36.9 Å². The highest BCUT2D eigenvalue weighted by Crippen LogP contribution is 2.25. The van der Waals surface area contributed by atoms with E-state index in [0.29, 0.717) is 43.9 Å². The Morgan fingerprint density at radius 3 is 2.26 bits per heavy atom. The zero-order valence-corrected chi connectivity index (χ0v) is 20.1. The first-order valence-corrected chi connectivity index (χ1v) is 12.8. The molecule has 0 aromatic carbocycles. The van der Waals surface area contributed by atoms with Gasteiger partial charge in [-0.1, -0.05) is 26.2 Å². The number of nitrogens with one attached hydrogen (secondary N) is 1. The molecular weight excluding hydrogens is 416 g/mol.